The Balaban J connectivity index is 1.50. The van der Waals surface area contributed by atoms with Gasteiger partial charge in [0.25, 0.3) is 5.91 Å². The number of hydrogen-bond donors (Lipinski definition) is 3. The van der Waals surface area contributed by atoms with Gasteiger partial charge < -0.3 is 16.0 Å². The smallest absolute Gasteiger partial charge is 0.273 e. The van der Waals surface area contributed by atoms with Crippen molar-refractivity contribution >= 4 is 35.2 Å². The number of carbonyl (C=O) groups is 1. The van der Waals surface area contributed by atoms with E-state index < -0.39 is 17.5 Å². The zero-order valence-corrected chi connectivity index (χ0v) is 16.3. The summed E-state index contributed by atoms with van der Waals surface area (Å²) in [4.78, 5) is 23.8. The number of rotatable bonds is 4. The van der Waals surface area contributed by atoms with Crippen LogP contribution in [0.1, 0.15) is 18.0 Å². The van der Waals surface area contributed by atoms with Crippen LogP contribution in [0.25, 0.3) is 11.4 Å². The van der Waals surface area contributed by atoms with E-state index in [-0.39, 0.29) is 33.8 Å². The maximum Gasteiger partial charge on any atom is 0.273 e. The summed E-state index contributed by atoms with van der Waals surface area (Å²) in [5.74, 6) is -1.11. The Labute approximate surface area is 175 Å². The van der Waals surface area contributed by atoms with Gasteiger partial charge in [0.2, 0.25) is 0 Å². The molecule has 0 saturated heterocycles. The van der Waals surface area contributed by atoms with Gasteiger partial charge in [0, 0.05) is 17.8 Å². The normalized spacial score (nSPS) is 15.7. The van der Waals surface area contributed by atoms with Crippen LogP contribution in [0, 0.1) is 11.6 Å². The van der Waals surface area contributed by atoms with Crippen LogP contribution in [0.15, 0.2) is 59.2 Å². The molecule has 2 heterocycles. The molecule has 0 spiro atoms. The van der Waals surface area contributed by atoms with Crippen molar-refractivity contribution in [1.29, 1.82) is 0 Å². The molecule has 0 aliphatic carbocycles. The van der Waals surface area contributed by atoms with Gasteiger partial charge in [-0.25, -0.2) is 13.8 Å². The predicted molar refractivity (Wildman–Crippen MR) is 112 cm³/mol. The van der Waals surface area contributed by atoms with E-state index in [0.717, 1.165) is 0 Å². The van der Waals surface area contributed by atoms with Crippen LogP contribution in [0.5, 0.6) is 0 Å². The molecule has 9 heteroatoms. The Kier molecular flexibility index (Phi) is 5.33. The summed E-state index contributed by atoms with van der Waals surface area (Å²) in [7, 11) is 0. The van der Waals surface area contributed by atoms with E-state index in [9.17, 15) is 13.6 Å². The van der Waals surface area contributed by atoms with Gasteiger partial charge in [-0.3, -0.25) is 9.79 Å². The maximum absolute atomic E-state index is 14.2. The number of allylic oxidation sites excluding steroid dienone is 1. The van der Waals surface area contributed by atoms with Crippen molar-refractivity contribution in [3.8, 4) is 11.4 Å². The van der Waals surface area contributed by atoms with Crippen LogP contribution >= 0.6 is 11.6 Å². The molecule has 1 aromatic heterocycles. The standard InChI is InChI=1S/C21H16ClF2N5O/c22-14-2-1-3-15(24)17(14)20-28-18(19(25)29-20)11-4-9-16(26-10-11)21(30)27-13-7-5-12(23)6-8-13/h1-3,5-11H,4,25H2,(H,27,30)(H,28,29). The number of benzene rings is 2. The third kappa shape index (κ3) is 3.95. The first kappa shape index (κ1) is 19.8. The summed E-state index contributed by atoms with van der Waals surface area (Å²) in [6, 6.07) is 9.79. The van der Waals surface area contributed by atoms with Crippen LogP contribution in [-0.2, 0) is 4.79 Å². The summed E-state index contributed by atoms with van der Waals surface area (Å²) in [6.07, 6.45) is 3.65. The van der Waals surface area contributed by atoms with Gasteiger partial charge in [0.05, 0.1) is 16.3 Å². The quantitative estimate of drug-likeness (QED) is 0.564. The molecule has 2 aromatic carbocycles. The van der Waals surface area contributed by atoms with Gasteiger partial charge >= 0.3 is 0 Å². The maximum atomic E-state index is 14.2. The second-order valence-corrected chi connectivity index (χ2v) is 7.06. The molecule has 152 valence electrons. The first-order valence-corrected chi connectivity index (χ1v) is 9.41. The number of nitrogens with zero attached hydrogens (tertiary/aromatic N) is 2. The highest BCUT2D eigenvalue weighted by Gasteiger charge is 2.23. The second-order valence-electron chi connectivity index (χ2n) is 6.65. The SMILES string of the molecule is Nc1[nH]c(-c2c(F)cccc2Cl)nc1C1C=NC(C(=O)Nc2ccc(F)cc2)=CC1. The van der Waals surface area contributed by atoms with Gasteiger partial charge in [-0.15, -0.1) is 0 Å². The van der Waals surface area contributed by atoms with E-state index in [1.165, 1.54) is 36.4 Å². The second kappa shape index (κ2) is 8.08. The zero-order valence-electron chi connectivity index (χ0n) is 15.5. The molecule has 1 atom stereocenters. The Morgan fingerprint density at radius 3 is 2.63 bits per heavy atom. The number of nitrogens with one attached hydrogen (secondary N) is 2. The Hall–Kier alpha value is -3.52. The summed E-state index contributed by atoms with van der Waals surface area (Å²) in [5.41, 5.74) is 7.35. The van der Waals surface area contributed by atoms with Crippen molar-refractivity contribution < 1.29 is 13.6 Å². The molecule has 0 saturated carbocycles. The Morgan fingerprint density at radius 1 is 1.20 bits per heavy atom. The molecule has 0 bridgehead atoms. The molecule has 0 fully saturated rings. The number of anilines is 2. The summed E-state index contributed by atoms with van der Waals surface area (Å²) in [6.45, 7) is 0. The molecule has 1 aliphatic rings. The van der Waals surface area contributed by atoms with Gasteiger partial charge in [0.15, 0.2) is 0 Å². The average molecular weight is 428 g/mol. The summed E-state index contributed by atoms with van der Waals surface area (Å²) < 4.78 is 27.1. The van der Waals surface area contributed by atoms with Crippen LogP contribution in [-0.4, -0.2) is 22.1 Å². The highest BCUT2D eigenvalue weighted by atomic mass is 35.5. The van der Waals surface area contributed by atoms with Crippen LogP contribution in [0.3, 0.4) is 0 Å². The molecule has 30 heavy (non-hydrogen) atoms. The summed E-state index contributed by atoms with van der Waals surface area (Å²) in [5, 5.41) is 2.87. The molecule has 4 N–H and O–H groups in total. The van der Waals surface area contributed by atoms with Crippen molar-refractivity contribution in [2.75, 3.05) is 11.1 Å². The highest BCUT2D eigenvalue weighted by molar-refractivity contribution is 6.33. The van der Waals surface area contributed by atoms with Crippen molar-refractivity contribution in [1.82, 2.24) is 9.97 Å². The molecule has 4 rings (SSSR count). The fourth-order valence-electron chi connectivity index (χ4n) is 3.11. The fraction of sp³-hybridized carbons (Fsp3) is 0.0952. The third-order valence-electron chi connectivity index (χ3n) is 4.61. The molecule has 0 radical (unpaired) electrons. The molecular weight excluding hydrogens is 412 g/mol. The number of aromatic amines is 1. The number of amides is 1. The van der Waals surface area contributed by atoms with E-state index in [2.05, 4.69) is 20.3 Å². The average Bonchev–Trinajstić information content (AvgIpc) is 3.11. The minimum atomic E-state index is -0.514. The molecule has 6 nitrogen and oxygen atoms in total. The lowest BCUT2D eigenvalue weighted by Gasteiger charge is -2.14. The lowest BCUT2D eigenvalue weighted by Crippen LogP contribution is -2.17. The third-order valence-corrected chi connectivity index (χ3v) is 4.92. The molecule has 1 aliphatic heterocycles. The molecule has 3 aromatic rings. The number of nitrogens with two attached hydrogens (primary N) is 1. The van der Waals surface area contributed by atoms with Crippen LogP contribution in [0.2, 0.25) is 5.02 Å². The fourth-order valence-corrected chi connectivity index (χ4v) is 3.36. The number of halogens is 3. The number of carbonyl (C=O) groups excluding carboxylic acids is 1. The van der Waals surface area contributed by atoms with Gasteiger partial charge in [-0.1, -0.05) is 23.7 Å². The number of imidazole rings is 1. The highest BCUT2D eigenvalue weighted by Crippen LogP contribution is 2.33. The molecule has 1 amide bonds. The van der Waals surface area contributed by atoms with E-state index in [0.29, 0.717) is 17.8 Å². The van der Waals surface area contributed by atoms with E-state index in [1.54, 1.807) is 18.4 Å². The van der Waals surface area contributed by atoms with Crippen molar-refractivity contribution in [3.05, 3.63) is 76.6 Å². The van der Waals surface area contributed by atoms with Crippen molar-refractivity contribution in [2.24, 2.45) is 4.99 Å². The predicted octanol–water partition coefficient (Wildman–Crippen LogP) is 4.67. The number of H-pyrrole nitrogens is 1. The first-order valence-electron chi connectivity index (χ1n) is 9.03. The zero-order chi connectivity index (χ0) is 21.3. The number of aromatic nitrogens is 2. The number of nitrogen functional groups attached to an aromatic ring is 1. The van der Waals surface area contributed by atoms with Crippen LogP contribution < -0.4 is 11.1 Å². The first-order chi connectivity index (χ1) is 14.4. The minimum absolute atomic E-state index is 0.139. The van der Waals surface area contributed by atoms with E-state index in [1.807, 2.05) is 0 Å². The van der Waals surface area contributed by atoms with Gasteiger partial charge in [-0.2, -0.15) is 0 Å². The molecule has 1 unspecified atom stereocenters. The van der Waals surface area contributed by atoms with Crippen molar-refractivity contribution in [2.45, 2.75) is 12.3 Å². The Bertz CT molecular complexity index is 1150. The number of hydrogen-bond acceptors (Lipinski definition) is 4. The number of aliphatic imine (C=N–C) groups is 1. The topological polar surface area (TPSA) is 96.2 Å². The van der Waals surface area contributed by atoms with E-state index >= 15 is 0 Å². The lowest BCUT2D eigenvalue weighted by molar-refractivity contribution is -0.112. The minimum Gasteiger partial charge on any atom is -0.384 e. The monoisotopic (exact) mass is 427 g/mol. The van der Waals surface area contributed by atoms with Gasteiger partial charge in [-0.05, 0) is 42.8 Å². The Morgan fingerprint density at radius 2 is 1.97 bits per heavy atom. The van der Waals surface area contributed by atoms with Gasteiger partial charge in [0.1, 0.15) is 29.0 Å². The largest absolute Gasteiger partial charge is 0.384 e. The summed E-state index contributed by atoms with van der Waals surface area (Å²) >= 11 is 6.10. The van der Waals surface area contributed by atoms with Crippen LogP contribution in [0.4, 0.5) is 20.3 Å². The molecular formula is C21H16ClF2N5O. The lowest BCUT2D eigenvalue weighted by atomic mass is 10.00. The van der Waals surface area contributed by atoms with E-state index in [4.69, 9.17) is 17.3 Å². The van der Waals surface area contributed by atoms with Crippen molar-refractivity contribution in [3.63, 3.8) is 0 Å².